The molecule has 1 N–H and O–H groups in total. The Morgan fingerprint density at radius 2 is 2.00 bits per heavy atom. The van der Waals surface area contributed by atoms with E-state index < -0.39 is 5.82 Å². The third kappa shape index (κ3) is 4.21. The van der Waals surface area contributed by atoms with E-state index in [2.05, 4.69) is 5.32 Å². The lowest BCUT2D eigenvalue weighted by atomic mass is 10.1. The lowest BCUT2D eigenvalue weighted by Crippen LogP contribution is -2.13. The first kappa shape index (κ1) is 16.3. The molecule has 0 bridgehead atoms. The van der Waals surface area contributed by atoms with Gasteiger partial charge in [-0.05, 0) is 37.1 Å². The second-order valence-corrected chi connectivity index (χ2v) is 5.10. The molecule has 0 aliphatic rings. The minimum Gasteiger partial charge on any atom is -0.494 e. The number of nitrogens with one attached hydrogen (secondary N) is 1. The average molecular weight is 322 g/mol. The van der Waals surface area contributed by atoms with Crippen LogP contribution >= 0.6 is 11.6 Å². The Bertz CT molecular complexity index is 661. The van der Waals surface area contributed by atoms with Gasteiger partial charge in [-0.1, -0.05) is 35.9 Å². The molecular formula is C17H17ClFNO2. The van der Waals surface area contributed by atoms with E-state index in [0.29, 0.717) is 13.0 Å². The first-order valence-electron chi connectivity index (χ1n) is 7.06. The summed E-state index contributed by atoms with van der Waals surface area (Å²) >= 11 is 5.68. The van der Waals surface area contributed by atoms with Crippen LogP contribution in [0.3, 0.4) is 0 Å². The minimum atomic E-state index is -0.618. The van der Waals surface area contributed by atoms with Gasteiger partial charge in [0.15, 0.2) is 5.82 Å². The Morgan fingerprint density at radius 3 is 2.77 bits per heavy atom. The molecule has 0 aliphatic heterocycles. The number of para-hydroxylation sites is 1. The summed E-state index contributed by atoms with van der Waals surface area (Å²) in [5, 5.41) is 2.52. The number of amides is 1. The van der Waals surface area contributed by atoms with Crippen LogP contribution in [-0.2, 0) is 11.2 Å². The van der Waals surface area contributed by atoms with Crippen molar-refractivity contribution in [3.05, 3.63) is 58.9 Å². The van der Waals surface area contributed by atoms with Gasteiger partial charge in [-0.25, -0.2) is 4.39 Å². The zero-order valence-electron chi connectivity index (χ0n) is 12.2. The normalized spacial score (nSPS) is 10.3. The van der Waals surface area contributed by atoms with Crippen molar-refractivity contribution in [1.82, 2.24) is 0 Å². The molecule has 0 radical (unpaired) electrons. The smallest absolute Gasteiger partial charge is 0.224 e. The molecule has 5 heteroatoms. The lowest BCUT2D eigenvalue weighted by molar-refractivity contribution is -0.116. The number of hydrogen-bond donors (Lipinski definition) is 1. The molecule has 0 atom stereocenters. The van der Waals surface area contributed by atoms with E-state index in [1.54, 1.807) is 6.07 Å². The Labute approximate surface area is 134 Å². The van der Waals surface area contributed by atoms with Crippen molar-refractivity contribution in [3.63, 3.8) is 0 Å². The number of benzene rings is 2. The van der Waals surface area contributed by atoms with Crippen LogP contribution in [0.1, 0.15) is 18.9 Å². The van der Waals surface area contributed by atoms with E-state index in [4.69, 9.17) is 16.3 Å². The molecule has 1 amide bonds. The van der Waals surface area contributed by atoms with Gasteiger partial charge in [0.05, 0.1) is 17.3 Å². The molecule has 0 fully saturated rings. The SMILES string of the molecule is CCOc1ccccc1CCC(=O)Nc1cccc(Cl)c1F. The fourth-order valence-corrected chi connectivity index (χ4v) is 2.24. The molecule has 0 saturated heterocycles. The average Bonchev–Trinajstić information content (AvgIpc) is 2.51. The summed E-state index contributed by atoms with van der Waals surface area (Å²) in [5.74, 6) is -0.119. The first-order valence-corrected chi connectivity index (χ1v) is 7.44. The number of carbonyl (C=O) groups excluding carboxylic acids is 1. The highest BCUT2D eigenvalue weighted by atomic mass is 35.5. The number of anilines is 1. The van der Waals surface area contributed by atoms with Crippen molar-refractivity contribution in [2.75, 3.05) is 11.9 Å². The van der Waals surface area contributed by atoms with Crippen LogP contribution in [0.5, 0.6) is 5.75 Å². The highest BCUT2D eigenvalue weighted by molar-refractivity contribution is 6.31. The summed E-state index contributed by atoms with van der Waals surface area (Å²) in [6.45, 7) is 2.47. The minimum absolute atomic E-state index is 0.0144. The summed E-state index contributed by atoms with van der Waals surface area (Å²) in [4.78, 5) is 12.0. The molecule has 0 aromatic heterocycles. The second-order valence-electron chi connectivity index (χ2n) is 4.69. The Kier molecular flexibility index (Phi) is 5.78. The zero-order valence-corrected chi connectivity index (χ0v) is 13.0. The number of carbonyl (C=O) groups is 1. The van der Waals surface area contributed by atoms with Crippen LogP contribution in [0.15, 0.2) is 42.5 Å². The van der Waals surface area contributed by atoms with Crippen LogP contribution < -0.4 is 10.1 Å². The molecule has 0 spiro atoms. The molecular weight excluding hydrogens is 305 g/mol. The standard InChI is InChI=1S/C17H17ClFNO2/c1-2-22-15-9-4-3-6-12(15)10-11-16(21)20-14-8-5-7-13(18)17(14)19/h3-9H,2,10-11H2,1H3,(H,20,21). The van der Waals surface area contributed by atoms with Crippen molar-refractivity contribution >= 4 is 23.2 Å². The predicted octanol–water partition coefficient (Wildman–Crippen LogP) is 4.45. The number of ether oxygens (including phenoxy) is 1. The van der Waals surface area contributed by atoms with E-state index in [1.165, 1.54) is 12.1 Å². The van der Waals surface area contributed by atoms with Gasteiger partial charge in [-0.15, -0.1) is 0 Å². The summed E-state index contributed by atoms with van der Waals surface area (Å²) in [7, 11) is 0. The highest BCUT2D eigenvalue weighted by Gasteiger charge is 2.11. The highest BCUT2D eigenvalue weighted by Crippen LogP contribution is 2.23. The molecule has 3 nitrogen and oxygen atoms in total. The van der Waals surface area contributed by atoms with E-state index >= 15 is 0 Å². The maximum Gasteiger partial charge on any atom is 0.224 e. The van der Waals surface area contributed by atoms with E-state index in [0.717, 1.165) is 11.3 Å². The fraction of sp³-hybridized carbons (Fsp3) is 0.235. The summed E-state index contributed by atoms with van der Waals surface area (Å²) < 4.78 is 19.2. The van der Waals surface area contributed by atoms with Crippen molar-refractivity contribution in [3.8, 4) is 5.75 Å². The van der Waals surface area contributed by atoms with Crippen molar-refractivity contribution in [2.24, 2.45) is 0 Å². The Balaban J connectivity index is 1.97. The number of halogens is 2. The molecule has 2 rings (SSSR count). The van der Waals surface area contributed by atoms with E-state index in [9.17, 15) is 9.18 Å². The maximum atomic E-state index is 13.7. The molecule has 0 unspecified atom stereocenters. The van der Waals surface area contributed by atoms with Crippen LogP contribution in [0.25, 0.3) is 0 Å². The first-order chi connectivity index (χ1) is 10.6. The molecule has 2 aromatic rings. The molecule has 0 saturated carbocycles. The fourth-order valence-electron chi connectivity index (χ4n) is 2.07. The van der Waals surface area contributed by atoms with Gasteiger partial charge < -0.3 is 10.1 Å². The van der Waals surface area contributed by atoms with Crippen molar-refractivity contribution < 1.29 is 13.9 Å². The molecule has 0 heterocycles. The third-order valence-electron chi connectivity index (χ3n) is 3.12. The summed E-state index contributed by atoms with van der Waals surface area (Å²) in [5.41, 5.74) is 1.04. The van der Waals surface area contributed by atoms with E-state index in [1.807, 2.05) is 31.2 Å². The Morgan fingerprint density at radius 1 is 1.23 bits per heavy atom. The van der Waals surface area contributed by atoms with Gasteiger partial charge >= 0.3 is 0 Å². The van der Waals surface area contributed by atoms with Crippen LogP contribution in [0.2, 0.25) is 5.02 Å². The molecule has 0 aliphatic carbocycles. The lowest BCUT2D eigenvalue weighted by Gasteiger charge is -2.10. The van der Waals surface area contributed by atoms with Gasteiger partial charge in [-0.2, -0.15) is 0 Å². The van der Waals surface area contributed by atoms with Gasteiger partial charge in [0.25, 0.3) is 0 Å². The van der Waals surface area contributed by atoms with Crippen LogP contribution in [0.4, 0.5) is 10.1 Å². The van der Waals surface area contributed by atoms with Gasteiger partial charge in [-0.3, -0.25) is 4.79 Å². The molecule has 22 heavy (non-hydrogen) atoms. The maximum absolute atomic E-state index is 13.7. The molecule has 2 aromatic carbocycles. The largest absolute Gasteiger partial charge is 0.494 e. The van der Waals surface area contributed by atoms with Crippen molar-refractivity contribution in [1.29, 1.82) is 0 Å². The topological polar surface area (TPSA) is 38.3 Å². The van der Waals surface area contributed by atoms with Gasteiger partial charge in [0, 0.05) is 6.42 Å². The molecule has 116 valence electrons. The number of rotatable bonds is 6. The van der Waals surface area contributed by atoms with Crippen molar-refractivity contribution in [2.45, 2.75) is 19.8 Å². The van der Waals surface area contributed by atoms with Crippen LogP contribution in [0, 0.1) is 5.82 Å². The summed E-state index contributed by atoms with van der Waals surface area (Å²) in [6, 6.07) is 12.1. The number of aryl methyl sites for hydroxylation is 1. The quantitative estimate of drug-likeness (QED) is 0.853. The second kappa shape index (κ2) is 7.80. The van der Waals surface area contributed by atoms with E-state index in [-0.39, 0.29) is 23.0 Å². The van der Waals surface area contributed by atoms with Crippen LogP contribution in [-0.4, -0.2) is 12.5 Å². The Hall–Kier alpha value is -2.07. The monoisotopic (exact) mass is 321 g/mol. The third-order valence-corrected chi connectivity index (χ3v) is 3.41. The summed E-state index contributed by atoms with van der Waals surface area (Å²) in [6.07, 6.45) is 0.750. The predicted molar refractivity (Wildman–Crippen MR) is 86.0 cm³/mol. The number of hydrogen-bond acceptors (Lipinski definition) is 2. The van der Waals surface area contributed by atoms with Gasteiger partial charge in [0.1, 0.15) is 5.75 Å². The van der Waals surface area contributed by atoms with Gasteiger partial charge in [0.2, 0.25) is 5.91 Å². The zero-order chi connectivity index (χ0) is 15.9.